The summed E-state index contributed by atoms with van der Waals surface area (Å²) in [6.07, 6.45) is 8.02. The van der Waals surface area contributed by atoms with Crippen LogP contribution in [-0.4, -0.2) is 18.4 Å². The summed E-state index contributed by atoms with van der Waals surface area (Å²) in [5.74, 6) is 2.44. The molecule has 1 aromatic carbocycles. The molecule has 2 aliphatic rings. The molecule has 0 bridgehead atoms. The number of carbonyl (C=O) groups is 1. The third-order valence-corrected chi connectivity index (χ3v) is 7.32. The second kappa shape index (κ2) is 7.89. The van der Waals surface area contributed by atoms with E-state index in [0.717, 1.165) is 11.3 Å². The van der Waals surface area contributed by atoms with Crippen molar-refractivity contribution >= 4 is 17.5 Å². The zero-order valence-electron chi connectivity index (χ0n) is 19.3. The quantitative estimate of drug-likeness (QED) is 0.468. The Hall–Kier alpha value is -2.64. The molecular weight excluding hydrogens is 370 g/mol. The average Bonchev–Trinajstić information content (AvgIpc) is 2.86. The number of benzene rings is 1. The maximum Gasteiger partial charge on any atom is 0.253 e. The van der Waals surface area contributed by atoms with E-state index in [0.29, 0.717) is 30.0 Å². The number of hydrogen-bond acceptors (Lipinski definition) is 2. The van der Waals surface area contributed by atoms with Crippen molar-refractivity contribution in [3.05, 3.63) is 70.3 Å². The molecule has 0 spiro atoms. The second-order valence-electron chi connectivity index (χ2n) is 9.64. The molecule has 30 heavy (non-hydrogen) atoms. The highest BCUT2D eigenvalue weighted by molar-refractivity contribution is 6.05. The maximum absolute atomic E-state index is 13.3. The van der Waals surface area contributed by atoms with Crippen molar-refractivity contribution < 1.29 is 9.59 Å². The van der Waals surface area contributed by atoms with Crippen molar-refractivity contribution in [3.8, 4) is 0 Å². The smallest absolute Gasteiger partial charge is 0.253 e. The predicted octanol–water partition coefficient (Wildman–Crippen LogP) is 5.84. The summed E-state index contributed by atoms with van der Waals surface area (Å²) in [4.78, 5) is 25.9. The zero-order chi connectivity index (χ0) is 22.3. The first-order chi connectivity index (χ1) is 14.0. The molecule has 1 amide bonds. The normalized spacial score (nSPS) is 21.7. The highest BCUT2D eigenvalue weighted by atomic mass is 16.2. The van der Waals surface area contributed by atoms with Crippen molar-refractivity contribution in [1.29, 1.82) is 0 Å². The van der Waals surface area contributed by atoms with Gasteiger partial charge in [0.15, 0.2) is 0 Å². The first-order valence-electron chi connectivity index (χ1n) is 10.8. The van der Waals surface area contributed by atoms with E-state index in [1.807, 2.05) is 42.9 Å². The lowest BCUT2D eigenvalue weighted by Crippen LogP contribution is -2.32. The Bertz CT molecular complexity index is 1010. The van der Waals surface area contributed by atoms with E-state index in [1.165, 1.54) is 11.1 Å². The Morgan fingerprint density at radius 3 is 2.40 bits per heavy atom. The van der Waals surface area contributed by atoms with Gasteiger partial charge in [-0.25, -0.2) is 4.79 Å². The lowest BCUT2D eigenvalue weighted by molar-refractivity contribution is -0.115. The monoisotopic (exact) mass is 403 g/mol. The van der Waals surface area contributed by atoms with Crippen molar-refractivity contribution in [1.82, 2.24) is 0 Å². The van der Waals surface area contributed by atoms with Gasteiger partial charge in [0.2, 0.25) is 0 Å². The van der Waals surface area contributed by atoms with E-state index < -0.39 is 0 Å². The molecule has 0 saturated heterocycles. The topological polar surface area (TPSA) is 37.4 Å². The van der Waals surface area contributed by atoms with Gasteiger partial charge in [0.1, 0.15) is 5.94 Å². The summed E-state index contributed by atoms with van der Waals surface area (Å²) >= 11 is 0. The molecule has 3 rings (SSSR count). The van der Waals surface area contributed by atoms with Crippen LogP contribution in [0, 0.1) is 5.92 Å². The zero-order valence-corrected chi connectivity index (χ0v) is 19.3. The lowest BCUT2D eigenvalue weighted by atomic mass is 9.71. The van der Waals surface area contributed by atoms with Gasteiger partial charge in [-0.1, -0.05) is 52.8 Å². The predicted molar refractivity (Wildman–Crippen MR) is 124 cm³/mol. The minimum absolute atomic E-state index is 0.00610. The van der Waals surface area contributed by atoms with Crippen LogP contribution in [0.25, 0.3) is 0 Å². The average molecular weight is 404 g/mol. The number of likely N-dealkylation sites (N-methyl/N-ethyl adjacent to an activating group) is 1. The molecule has 3 nitrogen and oxygen atoms in total. The third-order valence-electron chi connectivity index (χ3n) is 7.32. The molecule has 0 saturated carbocycles. The Kier molecular flexibility index (Phi) is 5.80. The van der Waals surface area contributed by atoms with Crippen molar-refractivity contribution in [2.45, 2.75) is 65.7 Å². The van der Waals surface area contributed by atoms with Gasteiger partial charge >= 0.3 is 0 Å². The molecule has 1 unspecified atom stereocenters. The Morgan fingerprint density at radius 1 is 1.17 bits per heavy atom. The molecule has 1 atom stereocenters. The first-order valence-corrected chi connectivity index (χ1v) is 10.8. The Balaban J connectivity index is 1.92. The van der Waals surface area contributed by atoms with E-state index in [2.05, 4.69) is 52.8 Å². The highest BCUT2D eigenvalue weighted by Crippen LogP contribution is 2.54. The number of fused-ring (bicyclic) bond motifs is 1. The molecule has 0 aliphatic heterocycles. The van der Waals surface area contributed by atoms with Gasteiger partial charge in [0, 0.05) is 29.8 Å². The summed E-state index contributed by atoms with van der Waals surface area (Å²) in [6.45, 7) is 16.0. The Labute approximate surface area is 180 Å². The van der Waals surface area contributed by atoms with E-state index in [-0.39, 0.29) is 16.7 Å². The van der Waals surface area contributed by atoms with E-state index in [9.17, 15) is 9.59 Å². The van der Waals surface area contributed by atoms with Crippen LogP contribution in [0.2, 0.25) is 0 Å². The summed E-state index contributed by atoms with van der Waals surface area (Å²) in [5.41, 5.74) is 6.11. The van der Waals surface area contributed by atoms with Crippen molar-refractivity contribution in [2.75, 3.05) is 11.4 Å². The van der Waals surface area contributed by atoms with E-state index in [4.69, 9.17) is 0 Å². The van der Waals surface area contributed by atoms with Crippen LogP contribution in [0.5, 0.6) is 0 Å². The molecule has 0 N–H and O–H groups in total. The standard InChI is InChI=1S/C27H33NO2/c1-8-28(25(30)18(2)15-20-9-11-21(17-29)12-10-20)22-13-14-23-24(16-22)27(6,7)19(3)26(23,4)5/h9-11,13-16,19H,8,12H2,1-7H3. The molecule has 158 valence electrons. The van der Waals surface area contributed by atoms with Gasteiger partial charge in [-0.2, -0.15) is 0 Å². The SMILES string of the molecule is CCN(C(=O)C(C)=CC1=CCC(=C=O)C=C1)c1ccc2c(c1)C(C)(C)C(C)C2(C)C. The van der Waals surface area contributed by atoms with E-state index in [1.54, 1.807) is 6.08 Å². The highest BCUT2D eigenvalue weighted by Gasteiger charge is 2.48. The molecule has 2 aliphatic carbocycles. The fourth-order valence-electron chi connectivity index (χ4n) is 4.88. The maximum atomic E-state index is 13.3. The second-order valence-corrected chi connectivity index (χ2v) is 9.64. The van der Waals surface area contributed by atoms with Gasteiger partial charge in [-0.05, 0) is 71.6 Å². The largest absolute Gasteiger partial charge is 0.309 e. The lowest BCUT2D eigenvalue weighted by Gasteiger charge is -2.32. The number of amides is 1. The minimum Gasteiger partial charge on any atom is -0.309 e. The van der Waals surface area contributed by atoms with Gasteiger partial charge in [0.05, 0.1) is 0 Å². The molecular formula is C27H33NO2. The first kappa shape index (κ1) is 22.1. The van der Waals surface area contributed by atoms with Crippen LogP contribution in [0.4, 0.5) is 5.69 Å². The minimum atomic E-state index is 0.00610. The number of hydrogen-bond donors (Lipinski definition) is 0. The number of rotatable bonds is 4. The summed E-state index contributed by atoms with van der Waals surface area (Å²) in [6, 6.07) is 6.52. The van der Waals surface area contributed by atoms with Crippen LogP contribution < -0.4 is 4.90 Å². The van der Waals surface area contributed by atoms with Crippen LogP contribution in [-0.2, 0) is 20.4 Å². The molecule has 0 aromatic heterocycles. The van der Waals surface area contributed by atoms with Crippen LogP contribution in [0.1, 0.15) is 66.0 Å². The van der Waals surface area contributed by atoms with Gasteiger partial charge in [0.25, 0.3) is 5.91 Å². The van der Waals surface area contributed by atoms with E-state index >= 15 is 0 Å². The number of carbonyl (C=O) groups excluding carboxylic acids is 2. The molecule has 0 fully saturated rings. The van der Waals surface area contributed by atoms with Crippen molar-refractivity contribution in [3.63, 3.8) is 0 Å². The van der Waals surface area contributed by atoms with Crippen LogP contribution in [0.3, 0.4) is 0 Å². The molecule has 3 heteroatoms. The summed E-state index contributed by atoms with van der Waals surface area (Å²) < 4.78 is 0. The van der Waals surface area contributed by atoms with Gasteiger partial charge in [-0.15, -0.1) is 0 Å². The van der Waals surface area contributed by atoms with Crippen LogP contribution >= 0.6 is 0 Å². The summed E-state index contributed by atoms with van der Waals surface area (Å²) in [7, 11) is 0. The summed E-state index contributed by atoms with van der Waals surface area (Å²) in [5, 5.41) is 0. The fraction of sp³-hybridized carbons (Fsp3) is 0.444. The third kappa shape index (κ3) is 3.63. The Morgan fingerprint density at radius 2 is 1.83 bits per heavy atom. The number of anilines is 1. The number of allylic oxidation sites excluding steroid dienone is 6. The van der Waals surface area contributed by atoms with Gasteiger partial charge in [-0.3, -0.25) is 4.79 Å². The molecule has 0 heterocycles. The van der Waals surface area contributed by atoms with Gasteiger partial charge < -0.3 is 4.90 Å². The fourth-order valence-corrected chi connectivity index (χ4v) is 4.88. The van der Waals surface area contributed by atoms with Crippen LogP contribution in [0.15, 0.2) is 59.2 Å². The molecule has 1 aromatic rings. The number of nitrogens with zero attached hydrogens (tertiary/aromatic N) is 1. The molecule has 0 radical (unpaired) electrons. The van der Waals surface area contributed by atoms with Crippen molar-refractivity contribution in [2.24, 2.45) is 5.92 Å².